The van der Waals surface area contributed by atoms with Gasteiger partial charge in [-0.05, 0) is 6.07 Å². The maximum atomic E-state index is 11.2. The zero-order valence-electron chi connectivity index (χ0n) is 6.97. The van der Waals surface area contributed by atoms with Crippen LogP contribution in [0.1, 0.15) is 10.4 Å². The third-order valence-corrected chi connectivity index (χ3v) is 1.62. The lowest BCUT2D eigenvalue weighted by Crippen LogP contribution is -2.06. The number of carbonyl (C=O) groups excluding carboxylic acids is 1. The molecule has 6 heteroatoms. The Labute approximate surface area is 84.4 Å². The first-order valence-corrected chi connectivity index (χ1v) is 4.16. The number of halogens is 1. The topological polar surface area (TPSA) is 69.4 Å². The van der Waals surface area contributed by atoms with E-state index in [1.165, 1.54) is 24.3 Å². The van der Waals surface area contributed by atoms with Crippen LogP contribution in [-0.4, -0.2) is 17.0 Å². The van der Waals surface area contributed by atoms with Gasteiger partial charge in [0.1, 0.15) is 5.56 Å². The Morgan fingerprint density at radius 1 is 1.50 bits per heavy atom. The van der Waals surface area contributed by atoms with Gasteiger partial charge in [0.05, 0.1) is 4.92 Å². The molecular weight excluding hydrogens is 210 g/mol. The molecule has 0 saturated heterocycles. The Bertz CT molecular complexity index is 366. The van der Waals surface area contributed by atoms with Gasteiger partial charge >= 0.3 is 5.97 Å². The van der Waals surface area contributed by atoms with Gasteiger partial charge in [0.15, 0.2) is 6.07 Å². The number of nitrogens with zero attached hydrogens (tertiary/aromatic N) is 1. The molecule has 0 aliphatic carbocycles. The third-order valence-electron chi connectivity index (χ3n) is 1.51. The average molecular weight is 216 g/mol. The van der Waals surface area contributed by atoms with E-state index in [-0.39, 0.29) is 17.3 Å². The van der Waals surface area contributed by atoms with Crippen LogP contribution in [0.5, 0.6) is 0 Å². The SMILES string of the molecule is O=C(OCCl)c1ccccc1[N+](=O)[O-]. The highest BCUT2D eigenvalue weighted by Crippen LogP contribution is 2.18. The highest BCUT2D eigenvalue weighted by Gasteiger charge is 2.19. The Hall–Kier alpha value is -1.62. The Kier molecular flexibility index (Phi) is 3.41. The fourth-order valence-corrected chi connectivity index (χ4v) is 1.03. The standard InChI is InChI=1S/C8H6ClNO4/c9-5-14-8(11)6-3-1-2-4-7(6)10(12)13/h1-4H,5H2. The van der Waals surface area contributed by atoms with E-state index in [0.717, 1.165) is 0 Å². The maximum Gasteiger partial charge on any atom is 0.346 e. The lowest BCUT2D eigenvalue weighted by atomic mass is 10.2. The fourth-order valence-electron chi connectivity index (χ4n) is 0.933. The number of ether oxygens (including phenoxy) is 1. The van der Waals surface area contributed by atoms with Gasteiger partial charge in [0.2, 0.25) is 0 Å². The Morgan fingerprint density at radius 3 is 2.71 bits per heavy atom. The highest BCUT2D eigenvalue weighted by molar-refractivity contribution is 6.17. The predicted octanol–water partition coefficient (Wildman–Crippen LogP) is 1.95. The van der Waals surface area contributed by atoms with Crippen molar-refractivity contribution < 1.29 is 14.5 Å². The summed E-state index contributed by atoms with van der Waals surface area (Å²) in [5.74, 6) is -0.799. The quantitative estimate of drug-likeness (QED) is 0.334. The van der Waals surface area contributed by atoms with Crippen LogP contribution in [0.15, 0.2) is 24.3 Å². The van der Waals surface area contributed by atoms with Gasteiger partial charge in [-0.3, -0.25) is 10.1 Å². The number of esters is 1. The first-order chi connectivity index (χ1) is 6.66. The molecule has 0 saturated carbocycles. The van der Waals surface area contributed by atoms with Crippen LogP contribution < -0.4 is 0 Å². The lowest BCUT2D eigenvalue weighted by Gasteiger charge is -2.00. The normalized spacial score (nSPS) is 9.50. The molecule has 0 heterocycles. The molecule has 14 heavy (non-hydrogen) atoms. The molecule has 0 N–H and O–H groups in total. The molecule has 0 spiro atoms. The van der Waals surface area contributed by atoms with Gasteiger partial charge in [-0.1, -0.05) is 23.7 Å². The number of nitro groups is 1. The first-order valence-electron chi connectivity index (χ1n) is 3.63. The van der Waals surface area contributed by atoms with E-state index in [0.29, 0.717) is 0 Å². The smallest absolute Gasteiger partial charge is 0.346 e. The zero-order chi connectivity index (χ0) is 10.6. The van der Waals surface area contributed by atoms with E-state index >= 15 is 0 Å². The van der Waals surface area contributed by atoms with Gasteiger partial charge in [-0.25, -0.2) is 4.79 Å². The molecule has 0 fully saturated rings. The second-order valence-electron chi connectivity index (χ2n) is 2.32. The van der Waals surface area contributed by atoms with E-state index in [1.807, 2.05) is 0 Å². The number of rotatable bonds is 3. The van der Waals surface area contributed by atoms with Crippen molar-refractivity contribution in [1.29, 1.82) is 0 Å². The molecule has 1 aromatic carbocycles. The van der Waals surface area contributed by atoms with Crippen molar-refractivity contribution in [3.8, 4) is 0 Å². The maximum absolute atomic E-state index is 11.2. The van der Waals surface area contributed by atoms with Crippen molar-refractivity contribution in [2.75, 3.05) is 6.07 Å². The molecule has 0 radical (unpaired) electrons. The lowest BCUT2D eigenvalue weighted by molar-refractivity contribution is -0.385. The molecule has 0 atom stereocenters. The van der Waals surface area contributed by atoms with E-state index < -0.39 is 10.9 Å². The summed E-state index contributed by atoms with van der Waals surface area (Å²) < 4.78 is 4.44. The minimum atomic E-state index is -0.799. The van der Waals surface area contributed by atoms with E-state index in [9.17, 15) is 14.9 Å². The van der Waals surface area contributed by atoms with Crippen LogP contribution in [0.4, 0.5) is 5.69 Å². The number of hydrogen-bond donors (Lipinski definition) is 0. The van der Waals surface area contributed by atoms with Crippen LogP contribution in [-0.2, 0) is 4.74 Å². The number of nitro benzene ring substituents is 1. The molecule has 1 aromatic rings. The van der Waals surface area contributed by atoms with Crippen LogP contribution in [0.3, 0.4) is 0 Å². The summed E-state index contributed by atoms with van der Waals surface area (Å²) in [6.45, 7) is 0. The Morgan fingerprint density at radius 2 is 2.14 bits per heavy atom. The minimum absolute atomic E-state index is 0.0989. The number of alkyl halides is 1. The van der Waals surface area contributed by atoms with Crippen molar-refractivity contribution in [3.63, 3.8) is 0 Å². The molecule has 5 nitrogen and oxygen atoms in total. The van der Waals surface area contributed by atoms with Crippen molar-refractivity contribution in [3.05, 3.63) is 39.9 Å². The molecule has 0 amide bonds. The van der Waals surface area contributed by atoms with E-state index in [4.69, 9.17) is 11.6 Å². The Balaban J connectivity index is 3.07. The summed E-state index contributed by atoms with van der Waals surface area (Å²) >= 11 is 5.17. The van der Waals surface area contributed by atoms with Crippen LogP contribution in [0, 0.1) is 10.1 Å². The summed E-state index contributed by atoms with van der Waals surface area (Å²) in [5, 5.41) is 10.5. The molecule has 0 bridgehead atoms. The second kappa shape index (κ2) is 4.57. The van der Waals surface area contributed by atoms with Crippen molar-refractivity contribution >= 4 is 23.3 Å². The minimum Gasteiger partial charge on any atom is -0.446 e. The van der Waals surface area contributed by atoms with Gasteiger partial charge in [0, 0.05) is 6.07 Å². The number of para-hydroxylation sites is 1. The average Bonchev–Trinajstić information content (AvgIpc) is 2.18. The highest BCUT2D eigenvalue weighted by atomic mass is 35.5. The van der Waals surface area contributed by atoms with Gasteiger partial charge < -0.3 is 4.74 Å². The van der Waals surface area contributed by atoms with E-state index in [2.05, 4.69) is 4.74 Å². The van der Waals surface area contributed by atoms with Crippen molar-refractivity contribution in [2.45, 2.75) is 0 Å². The van der Waals surface area contributed by atoms with Crippen molar-refractivity contribution in [2.24, 2.45) is 0 Å². The molecular formula is C8H6ClNO4. The summed E-state index contributed by atoms with van der Waals surface area (Å²) in [5.41, 5.74) is -0.388. The summed E-state index contributed by atoms with van der Waals surface area (Å²) in [7, 11) is 0. The third kappa shape index (κ3) is 2.20. The van der Waals surface area contributed by atoms with Gasteiger partial charge in [-0.2, -0.15) is 0 Å². The van der Waals surface area contributed by atoms with E-state index in [1.54, 1.807) is 0 Å². The number of benzene rings is 1. The summed E-state index contributed by atoms with van der Waals surface area (Å²) in [6.07, 6.45) is 0. The second-order valence-corrected chi connectivity index (χ2v) is 2.53. The zero-order valence-corrected chi connectivity index (χ0v) is 7.73. The molecule has 0 aromatic heterocycles. The number of carbonyl (C=O) groups is 1. The van der Waals surface area contributed by atoms with Gasteiger partial charge in [-0.15, -0.1) is 0 Å². The summed E-state index contributed by atoms with van der Waals surface area (Å²) in [4.78, 5) is 21.0. The molecule has 0 aliphatic heterocycles. The van der Waals surface area contributed by atoms with Crippen LogP contribution in [0.2, 0.25) is 0 Å². The van der Waals surface area contributed by atoms with Crippen LogP contribution in [0.25, 0.3) is 0 Å². The van der Waals surface area contributed by atoms with Crippen LogP contribution >= 0.6 is 11.6 Å². The van der Waals surface area contributed by atoms with Gasteiger partial charge in [0.25, 0.3) is 5.69 Å². The first kappa shape index (κ1) is 10.5. The molecule has 0 unspecified atom stereocenters. The number of hydrogen-bond acceptors (Lipinski definition) is 4. The molecule has 74 valence electrons. The monoisotopic (exact) mass is 215 g/mol. The van der Waals surface area contributed by atoms with Crippen molar-refractivity contribution in [1.82, 2.24) is 0 Å². The largest absolute Gasteiger partial charge is 0.446 e. The molecule has 0 aliphatic rings. The fraction of sp³-hybridized carbons (Fsp3) is 0.125. The summed E-state index contributed by atoms with van der Waals surface area (Å²) in [6, 6.07) is 5.19. The predicted molar refractivity (Wildman–Crippen MR) is 49.2 cm³/mol. The molecule has 1 rings (SSSR count).